The van der Waals surface area contributed by atoms with Gasteiger partial charge in [-0.2, -0.15) is 0 Å². The summed E-state index contributed by atoms with van der Waals surface area (Å²) in [4.78, 5) is 27.1. The number of hydrogen-bond acceptors (Lipinski definition) is 6. The highest BCUT2D eigenvalue weighted by molar-refractivity contribution is 5.97. The van der Waals surface area contributed by atoms with Crippen molar-refractivity contribution in [1.82, 2.24) is 0 Å². The third-order valence-electron chi connectivity index (χ3n) is 5.12. The van der Waals surface area contributed by atoms with Crippen molar-refractivity contribution in [2.45, 2.75) is 32.3 Å². The van der Waals surface area contributed by atoms with E-state index in [0.29, 0.717) is 22.7 Å². The van der Waals surface area contributed by atoms with E-state index in [-0.39, 0.29) is 12.7 Å². The number of nitrogens with zero attached hydrogens (tertiary/aromatic N) is 1. The summed E-state index contributed by atoms with van der Waals surface area (Å²) in [5.41, 5.74) is 2.13. The van der Waals surface area contributed by atoms with Crippen molar-refractivity contribution in [3.63, 3.8) is 0 Å². The second-order valence-electron chi connectivity index (χ2n) is 7.20. The zero-order valence-corrected chi connectivity index (χ0v) is 16.3. The topological polar surface area (TPSA) is 77.1 Å². The second kappa shape index (κ2) is 8.43. The van der Waals surface area contributed by atoms with Crippen LogP contribution >= 0.6 is 0 Å². The van der Waals surface area contributed by atoms with E-state index in [0.717, 1.165) is 18.8 Å². The molecular weight excluding hydrogens is 372 g/mol. The summed E-state index contributed by atoms with van der Waals surface area (Å²) >= 11 is 0. The number of hydrogen-bond donors (Lipinski definition) is 1. The van der Waals surface area contributed by atoms with Crippen LogP contribution in [-0.4, -0.2) is 37.9 Å². The molecule has 1 fully saturated rings. The van der Waals surface area contributed by atoms with Gasteiger partial charge in [-0.1, -0.05) is 0 Å². The van der Waals surface area contributed by atoms with Gasteiger partial charge in [-0.15, -0.1) is 0 Å². The Morgan fingerprint density at radius 2 is 1.72 bits per heavy atom. The summed E-state index contributed by atoms with van der Waals surface area (Å²) in [7, 11) is 0. The smallest absolute Gasteiger partial charge is 0.339 e. The third-order valence-corrected chi connectivity index (χ3v) is 5.12. The van der Waals surface area contributed by atoms with E-state index >= 15 is 0 Å². The molecule has 1 atom stereocenters. The molecule has 2 aliphatic rings. The maximum Gasteiger partial charge on any atom is 0.339 e. The Morgan fingerprint density at radius 1 is 1.00 bits per heavy atom. The maximum atomic E-state index is 12.4. The number of esters is 1. The van der Waals surface area contributed by atoms with Crippen molar-refractivity contribution >= 4 is 23.3 Å². The molecule has 0 saturated carbocycles. The van der Waals surface area contributed by atoms with E-state index in [1.165, 1.54) is 19.3 Å². The monoisotopic (exact) mass is 396 g/mol. The van der Waals surface area contributed by atoms with Gasteiger partial charge in [-0.25, -0.2) is 4.79 Å². The van der Waals surface area contributed by atoms with Gasteiger partial charge in [0.25, 0.3) is 5.91 Å². The molecule has 0 aliphatic carbocycles. The third kappa shape index (κ3) is 4.45. The first-order chi connectivity index (χ1) is 14.1. The number of rotatable bonds is 5. The van der Waals surface area contributed by atoms with Gasteiger partial charge < -0.3 is 24.4 Å². The minimum absolute atomic E-state index is 0.128. The standard InChI is InChI=1S/C22H24N2O5/c1-15(29-22(26)16-5-10-19-20(13-16)28-14-27-19)21(25)23-17-6-8-18(9-7-17)24-11-3-2-4-12-24/h5-10,13,15H,2-4,11-12,14H2,1H3,(H,23,25)/t15-/m0/s1. The molecule has 2 aliphatic heterocycles. The Bertz CT molecular complexity index is 891. The predicted octanol–water partition coefficient (Wildman–Crippen LogP) is 3.59. The largest absolute Gasteiger partial charge is 0.454 e. The van der Waals surface area contributed by atoms with Gasteiger partial charge in [-0.3, -0.25) is 4.79 Å². The molecular formula is C22H24N2O5. The summed E-state index contributed by atoms with van der Waals surface area (Å²) in [5, 5.41) is 2.79. The number of carbonyl (C=O) groups excluding carboxylic acids is 2. The number of benzene rings is 2. The number of anilines is 2. The zero-order valence-electron chi connectivity index (χ0n) is 16.3. The predicted molar refractivity (Wildman–Crippen MR) is 109 cm³/mol. The fraction of sp³-hybridized carbons (Fsp3) is 0.364. The van der Waals surface area contributed by atoms with Crippen LogP contribution < -0.4 is 19.7 Å². The number of ether oxygens (including phenoxy) is 3. The molecule has 4 rings (SSSR count). The molecule has 0 radical (unpaired) electrons. The van der Waals surface area contributed by atoms with E-state index < -0.39 is 12.1 Å². The molecule has 0 spiro atoms. The highest BCUT2D eigenvalue weighted by atomic mass is 16.7. The summed E-state index contributed by atoms with van der Waals surface area (Å²) in [6.45, 7) is 3.81. The number of carbonyl (C=O) groups is 2. The lowest BCUT2D eigenvalue weighted by Crippen LogP contribution is -2.30. The average molecular weight is 396 g/mol. The van der Waals surface area contributed by atoms with Crippen LogP contribution in [0.2, 0.25) is 0 Å². The number of amides is 1. The fourth-order valence-corrected chi connectivity index (χ4v) is 3.46. The molecule has 29 heavy (non-hydrogen) atoms. The van der Waals surface area contributed by atoms with Crippen LogP contribution in [0.15, 0.2) is 42.5 Å². The van der Waals surface area contributed by atoms with Crippen molar-refractivity contribution in [1.29, 1.82) is 0 Å². The van der Waals surface area contributed by atoms with E-state index in [2.05, 4.69) is 10.2 Å². The van der Waals surface area contributed by atoms with Gasteiger partial charge in [0.2, 0.25) is 6.79 Å². The first kappa shape index (κ1) is 19.1. The Labute approximate surface area is 169 Å². The zero-order chi connectivity index (χ0) is 20.2. The Hall–Kier alpha value is -3.22. The van der Waals surface area contributed by atoms with Crippen LogP contribution in [0.25, 0.3) is 0 Å². The van der Waals surface area contributed by atoms with Crippen molar-refractivity contribution < 1.29 is 23.8 Å². The molecule has 7 nitrogen and oxygen atoms in total. The molecule has 2 heterocycles. The van der Waals surface area contributed by atoms with E-state index in [1.54, 1.807) is 25.1 Å². The lowest BCUT2D eigenvalue weighted by atomic mass is 10.1. The van der Waals surface area contributed by atoms with Crippen LogP contribution in [0.1, 0.15) is 36.5 Å². The first-order valence-electron chi connectivity index (χ1n) is 9.87. The van der Waals surface area contributed by atoms with Crippen molar-refractivity contribution in [2.75, 3.05) is 30.1 Å². The molecule has 0 bridgehead atoms. The molecule has 2 aromatic carbocycles. The number of nitrogens with one attached hydrogen (secondary N) is 1. The summed E-state index contributed by atoms with van der Waals surface area (Å²) < 4.78 is 15.8. The normalized spacial score (nSPS) is 16.2. The average Bonchev–Trinajstić information content (AvgIpc) is 3.22. The van der Waals surface area contributed by atoms with Crippen LogP contribution in [0.5, 0.6) is 11.5 Å². The van der Waals surface area contributed by atoms with Gasteiger partial charge in [-0.05, 0) is 68.7 Å². The second-order valence-corrected chi connectivity index (χ2v) is 7.20. The molecule has 1 amide bonds. The van der Waals surface area contributed by atoms with E-state index in [4.69, 9.17) is 14.2 Å². The first-order valence-corrected chi connectivity index (χ1v) is 9.87. The van der Waals surface area contributed by atoms with Gasteiger partial charge in [0.1, 0.15) is 0 Å². The summed E-state index contributed by atoms with van der Waals surface area (Å²) in [6.07, 6.45) is 2.78. The van der Waals surface area contributed by atoms with Gasteiger partial charge >= 0.3 is 5.97 Å². The van der Waals surface area contributed by atoms with E-state index in [9.17, 15) is 9.59 Å². The van der Waals surface area contributed by atoms with Crippen molar-refractivity contribution in [3.8, 4) is 11.5 Å². The molecule has 152 valence electrons. The molecule has 2 aromatic rings. The van der Waals surface area contributed by atoms with Crippen LogP contribution in [0.3, 0.4) is 0 Å². The number of fused-ring (bicyclic) bond motifs is 1. The van der Waals surface area contributed by atoms with Crippen molar-refractivity contribution in [3.05, 3.63) is 48.0 Å². The van der Waals surface area contributed by atoms with Crippen molar-refractivity contribution in [2.24, 2.45) is 0 Å². The van der Waals surface area contributed by atoms with Crippen LogP contribution in [0, 0.1) is 0 Å². The molecule has 7 heteroatoms. The highest BCUT2D eigenvalue weighted by Gasteiger charge is 2.22. The lowest BCUT2D eigenvalue weighted by Gasteiger charge is -2.28. The fourth-order valence-electron chi connectivity index (χ4n) is 3.46. The molecule has 1 N–H and O–H groups in total. The highest BCUT2D eigenvalue weighted by Crippen LogP contribution is 2.32. The van der Waals surface area contributed by atoms with Crippen LogP contribution in [-0.2, 0) is 9.53 Å². The number of piperidine rings is 1. The minimum atomic E-state index is -0.935. The maximum absolute atomic E-state index is 12.4. The Balaban J connectivity index is 1.32. The summed E-state index contributed by atoms with van der Waals surface area (Å²) in [5.74, 6) is 0.0990. The summed E-state index contributed by atoms with van der Waals surface area (Å²) in [6, 6.07) is 12.5. The Morgan fingerprint density at radius 3 is 2.48 bits per heavy atom. The minimum Gasteiger partial charge on any atom is -0.454 e. The SMILES string of the molecule is C[C@H](OC(=O)c1ccc2c(c1)OCO2)C(=O)Nc1ccc(N2CCCCC2)cc1. The Kier molecular flexibility index (Phi) is 5.55. The van der Waals surface area contributed by atoms with Gasteiger partial charge in [0.15, 0.2) is 17.6 Å². The quantitative estimate of drug-likeness (QED) is 0.779. The molecule has 0 unspecified atom stereocenters. The van der Waals surface area contributed by atoms with E-state index in [1.807, 2.05) is 24.3 Å². The van der Waals surface area contributed by atoms with Gasteiger partial charge in [0, 0.05) is 24.5 Å². The van der Waals surface area contributed by atoms with Gasteiger partial charge in [0.05, 0.1) is 5.56 Å². The lowest BCUT2D eigenvalue weighted by molar-refractivity contribution is -0.123. The molecule has 1 saturated heterocycles. The van der Waals surface area contributed by atoms with Crippen LogP contribution in [0.4, 0.5) is 11.4 Å². The molecule has 0 aromatic heterocycles.